The topological polar surface area (TPSA) is 52.6 Å². The molecule has 3 aromatic rings. The summed E-state index contributed by atoms with van der Waals surface area (Å²) in [7, 11) is 0. The number of nitrogens with zero attached hydrogens (tertiary/aromatic N) is 5. The number of anilines is 2. The van der Waals surface area contributed by atoms with Crippen LogP contribution in [-0.4, -0.2) is 60.0 Å². The molecule has 0 saturated carbocycles. The molecule has 1 aromatic heterocycles. The van der Waals surface area contributed by atoms with Crippen molar-refractivity contribution in [2.24, 2.45) is 0 Å². The Hall–Kier alpha value is -2.98. The first-order valence-electron chi connectivity index (χ1n) is 12.4. The predicted molar refractivity (Wildman–Crippen MR) is 146 cm³/mol. The Bertz CT molecular complexity index is 1250. The number of hydrogen-bond acceptors (Lipinski definition) is 6. The summed E-state index contributed by atoms with van der Waals surface area (Å²) in [5, 5.41) is 0.870. The molecule has 0 radical (unpaired) electrons. The fourth-order valence-electron chi connectivity index (χ4n) is 4.27. The minimum absolute atomic E-state index is 0.0187. The molecule has 2 heterocycles. The third-order valence-corrected chi connectivity index (χ3v) is 7.53. The smallest absolute Gasteiger partial charge is 0.368 e. The summed E-state index contributed by atoms with van der Waals surface area (Å²) in [6.45, 7) is 7.56. The molecule has 1 amide bonds. The Morgan fingerprint density at radius 3 is 2.26 bits per heavy atom. The van der Waals surface area contributed by atoms with Crippen LogP contribution in [0.15, 0.2) is 59.8 Å². The predicted octanol–water partition coefficient (Wildman–Crippen LogP) is 6.25. The van der Waals surface area contributed by atoms with Gasteiger partial charge in [-0.2, -0.15) is 13.2 Å². The molecule has 1 aliphatic rings. The van der Waals surface area contributed by atoms with E-state index in [1.165, 1.54) is 23.9 Å². The molecule has 11 heteroatoms. The molecular formula is C27H29ClF3N5OS. The highest BCUT2D eigenvalue weighted by molar-refractivity contribution is 7.98. The van der Waals surface area contributed by atoms with Crippen LogP contribution in [0.1, 0.15) is 35.3 Å². The first kappa shape index (κ1) is 28.0. The van der Waals surface area contributed by atoms with Gasteiger partial charge in [-0.05, 0) is 49.7 Å². The molecule has 0 unspecified atom stereocenters. The summed E-state index contributed by atoms with van der Waals surface area (Å²) in [5.74, 6) is 1.32. The number of amides is 1. The number of carbonyl (C=O) groups excluding carboxylic acids is 1. The third kappa shape index (κ3) is 6.91. The van der Waals surface area contributed by atoms with E-state index in [-0.39, 0.29) is 5.91 Å². The zero-order valence-corrected chi connectivity index (χ0v) is 22.8. The lowest BCUT2D eigenvalue weighted by molar-refractivity contribution is -0.137. The number of benzene rings is 2. The monoisotopic (exact) mass is 563 g/mol. The molecule has 0 bridgehead atoms. The van der Waals surface area contributed by atoms with Crippen LogP contribution >= 0.6 is 23.4 Å². The number of halogens is 4. The zero-order valence-electron chi connectivity index (χ0n) is 21.2. The van der Waals surface area contributed by atoms with Gasteiger partial charge in [-0.25, -0.2) is 9.97 Å². The van der Waals surface area contributed by atoms with Crippen molar-refractivity contribution in [2.75, 3.05) is 49.1 Å². The summed E-state index contributed by atoms with van der Waals surface area (Å²) >= 11 is 7.75. The standard InChI is InChI=1S/C27H29ClF3N5OS/c1-3-34(4-2)25(37)20-10-8-19(9-11-20)18-38-26-32-23(28)17-24(33-26)36-14-12-35(13-15-36)22-7-5-6-21(16-22)27(29,30)31/h5-11,16-17H,3-4,12-15,18H2,1-2H3. The highest BCUT2D eigenvalue weighted by atomic mass is 35.5. The van der Waals surface area contributed by atoms with Gasteiger partial charge in [0.15, 0.2) is 5.16 Å². The Labute approximate surface area is 229 Å². The van der Waals surface area contributed by atoms with Crippen molar-refractivity contribution in [3.8, 4) is 0 Å². The van der Waals surface area contributed by atoms with Crippen LogP contribution in [0.25, 0.3) is 0 Å². The van der Waals surface area contributed by atoms with E-state index in [1.54, 1.807) is 17.0 Å². The number of rotatable bonds is 8. The van der Waals surface area contributed by atoms with Gasteiger partial charge in [0.2, 0.25) is 0 Å². The third-order valence-electron chi connectivity index (χ3n) is 6.42. The molecular weight excluding hydrogens is 535 g/mol. The van der Waals surface area contributed by atoms with Gasteiger partial charge >= 0.3 is 6.18 Å². The van der Waals surface area contributed by atoms with Crippen molar-refractivity contribution in [3.63, 3.8) is 0 Å². The molecule has 0 atom stereocenters. The number of piperazine rings is 1. The maximum absolute atomic E-state index is 13.1. The van der Waals surface area contributed by atoms with Crippen molar-refractivity contribution in [1.29, 1.82) is 0 Å². The van der Waals surface area contributed by atoms with E-state index in [9.17, 15) is 18.0 Å². The van der Waals surface area contributed by atoms with E-state index in [0.717, 1.165) is 11.6 Å². The van der Waals surface area contributed by atoms with Gasteiger partial charge in [-0.3, -0.25) is 4.79 Å². The van der Waals surface area contributed by atoms with Gasteiger partial charge in [0.25, 0.3) is 5.91 Å². The lowest BCUT2D eigenvalue weighted by Crippen LogP contribution is -2.47. The van der Waals surface area contributed by atoms with E-state index in [1.807, 2.05) is 43.0 Å². The maximum atomic E-state index is 13.1. The summed E-state index contributed by atoms with van der Waals surface area (Å²) < 4.78 is 39.3. The molecule has 38 heavy (non-hydrogen) atoms. The van der Waals surface area contributed by atoms with Crippen molar-refractivity contribution in [2.45, 2.75) is 30.9 Å². The van der Waals surface area contributed by atoms with E-state index in [4.69, 9.17) is 11.6 Å². The van der Waals surface area contributed by atoms with Crippen molar-refractivity contribution in [1.82, 2.24) is 14.9 Å². The molecule has 0 N–H and O–H groups in total. The van der Waals surface area contributed by atoms with Crippen LogP contribution in [0.2, 0.25) is 5.15 Å². The van der Waals surface area contributed by atoms with Gasteiger partial charge in [0.1, 0.15) is 11.0 Å². The van der Waals surface area contributed by atoms with E-state index >= 15 is 0 Å². The summed E-state index contributed by atoms with van der Waals surface area (Å²) in [4.78, 5) is 27.3. The Morgan fingerprint density at radius 2 is 1.63 bits per heavy atom. The minimum atomic E-state index is -4.37. The fraction of sp³-hybridized carbons (Fsp3) is 0.370. The van der Waals surface area contributed by atoms with Gasteiger partial charge < -0.3 is 14.7 Å². The fourth-order valence-corrected chi connectivity index (χ4v) is 5.31. The molecule has 1 aliphatic heterocycles. The lowest BCUT2D eigenvalue weighted by Gasteiger charge is -2.37. The normalized spacial score (nSPS) is 14.1. The summed E-state index contributed by atoms with van der Waals surface area (Å²) in [6.07, 6.45) is -4.37. The van der Waals surface area contributed by atoms with Gasteiger partial charge in [-0.15, -0.1) is 0 Å². The van der Waals surface area contributed by atoms with E-state index < -0.39 is 11.7 Å². The van der Waals surface area contributed by atoms with Gasteiger partial charge in [0.05, 0.1) is 5.56 Å². The van der Waals surface area contributed by atoms with Crippen LogP contribution in [0, 0.1) is 0 Å². The molecule has 0 aliphatic carbocycles. The average molecular weight is 564 g/mol. The van der Waals surface area contributed by atoms with E-state index in [0.29, 0.717) is 72.4 Å². The second-order valence-corrected chi connectivity index (χ2v) is 10.1. The van der Waals surface area contributed by atoms with Crippen molar-refractivity contribution in [3.05, 3.63) is 76.4 Å². The Kier molecular flexibility index (Phi) is 9.04. The minimum Gasteiger partial charge on any atom is -0.368 e. The van der Waals surface area contributed by atoms with Gasteiger partial charge in [0, 0.05) is 62.3 Å². The van der Waals surface area contributed by atoms with Crippen molar-refractivity contribution >= 4 is 40.8 Å². The first-order valence-corrected chi connectivity index (χ1v) is 13.8. The molecule has 202 valence electrons. The number of thioether (sulfide) groups is 1. The molecule has 1 saturated heterocycles. The molecule has 6 nitrogen and oxygen atoms in total. The maximum Gasteiger partial charge on any atom is 0.416 e. The zero-order chi connectivity index (χ0) is 27.3. The SMILES string of the molecule is CCN(CC)C(=O)c1ccc(CSc2nc(Cl)cc(N3CCN(c4cccc(C(F)(F)F)c4)CC3)n2)cc1. The van der Waals surface area contributed by atoms with Crippen LogP contribution in [0.4, 0.5) is 24.7 Å². The Balaban J connectivity index is 1.37. The first-order chi connectivity index (χ1) is 18.2. The molecule has 2 aromatic carbocycles. The largest absolute Gasteiger partial charge is 0.416 e. The van der Waals surface area contributed by atoms with E-state index in [2.05, 4.69) is 14.9 Å². The highest BCUT2D eigenvalue weighted by Crippen LogP contribution is 2.32. The second-order valence-electron chi connectivity index (χ2n) is 8.82. The average Bonchev–Trinajstić information content (AvgIpc) is 2.92. The van der Waals surface area contributed by atoms with Gasteiger partial charge in [-0.1, -0.05) is 41.6 Å². The quantitative estimate of drug-likeness (QED) is 0.183. The summed E-state index contributed by atoms with van der Waals surface area (Å²) in [5.41, 5.74) is 1.60. The Morgan fingerprint density at radius 1 is 0.974 bits per heavy atom. The molecule has 0 spiro atoms. The van der Waals surface area contributed by atoms with Crippen LogP contribution < -0.4 is 9.80 Å². The number of hydrogen-bond donors (Lipinski definition) is 0. The van der Waals surface area contributed by atoms with Crippen LogP contribution in [0.3, 0.4) is 0 Å². The van der Waals surface area contributed by atoms with Crippen LogP contribution in [-0.2, 0) is 11.9 Å². The highest BCUT2D eigenvalue weighted by Gasteiger charge is 2.31. The number of alkyl halides is 3. The summed E-state index contributed by atoms with van der Waals surface area (Å²) in [6, 6.07) is 14.7. The van der Waals surface area contributed by atoms with Crippen LogP contribution in [0.5, 0.6) is 0 Å². The lowest BCUT2D eigenvalue weighted by atomic mass is 10.1. The van der Waals surface area contributed by atoms with Crippen molar-refractivity contribution < 1.29 is 18.0 Å². The molecule has 1 fully saturated rings. The second kappa shape index (κ2) is 12.3. The number of carbonyl (C=O) groups is 1. The number of aromatic nitrogens is 2. The molecule has 4 rings (SSSR count).